The van der Waals surface area contributed by atoms with Crippen LogP contribution in [0.2, 0.25) is 0 Å². The lowest BCUT2D eigenvalue weighted by molar-refractivity contribution is -0.139. The second-order valence-corrected chi connectivity index (χ2v) is 6.09. The second kappa shape index (κ2) is 6.93. The summed E-state index contributed by atoms with van der Waals surface area (Å²) in [6.45, 7) is 4.34. The van der Waals surface area contributed by atoms with E-state index in [0.29, 0.717) is 18.1 Å². The molecule has 0 spiro atoms. The van der Waals surface area contributed by atoms with Gasteiger partial charge in [0.05, 0.1) is 19.2 Å². The van der Waals surface area contributed by atoms with E-state index in [9.17, 15) is 9.59 Å². The molecule has 130 valence electrons. The molecule has 1 aromatic heterocycles. The van der Waals surface area contributed by atoms with Gasteiger partial charge in [-0.2, -0.15) is 0 Å². The highest BCUT2D eigenvalue weighted by Gasteiger charge is 2.31. The van der Waals surface area contributed by atoms with Gasteiger partial charge in [-0.1, -0.05) is 12.1 Å². The molecule has 1 aliphatic heterocycles. The molecule has 1 aliphatic rings. The molecule has 1 atom stereocenters. The molecule has 6 nitrogen and oxygen atoms in total. The minimum absolute atomic E-state index is 0.0635. The number of nitrogens with zero attached hydrogens (tertiary/aromatic N) is 1. The number of ether oxygens (including phenoxy) is 2. The Kier molecular flexibility index (Phi) is 4.70. The van der Waals surface area contributed by atoms with Crippen LogP contribution in [0.5, 0.6) is 5.75 Å². The van der Waals surface area contributed by atoms with Gasteiger partial charge in [-0.25, -0.2) is 4.98 Å². The molecule has 0 saturated carbocycles. The molecule has 0 saturated heterocycles. The molecule has 0 aliphatic carbocycles. The molecule has 2 heterocycles. The van der Waals surface area contributed by atoms with Crippen LogP contribution in [0.1, 0.15) is 28.3 Å². The van der Waals surface area contributed by atoms with Crippen LogP contribution in [0.3, 0.4) is 0 Å². The van der Waals surface area contributed by atoms with Gasteiger partial charge in [0.1, 0.15) is 24.1 Å². The number of esters is 1. The first kappa shape index (κ1) is 17.0. The van der Waals surface area contributed by atoms with Crippen LogP contribution in [0.25, 0.3) is 0 Å². The van der Waals surface area contributed by atoms with Gasteiger partial charge in [0.25, 0.3) is 0 Å². The fourth-order valence-corrected chi connectivity index (χ4v) is 2.77. The summed E-state index contributed by atoms with van der Waals surface area (Å²) in [6, 6.07) is 9.12. The third-order valence-electron chi connectivity index (χ3n) is 4.33. The molecule has 0 radical (unpaired) electrons. The number of aromatic nitrogens is 1. The minimum atomic E-state index is -0.375. The zero-order chi connectivity index (χ0) is 18.0. The SMILES string of the molecule is COC(=O)Cc1cccc(NC(=O)[C@H]2COc3cc(C)c(C)cc32)n1. The number of fused-ring (bicyclic) bond motifs is 1. The molecule has 6 heteroatoms. The standard InChI is InChI=1S/C19H20N2O4/c1-11-7-14-15(10-25-16(14)8-12(11)2)19(23)21-17-6-4-5-13(20-17)9-18(22)24-3/h4-8,15H,9-10H2,1-3H3,(H,20,21,23)/t15-/m0/s1. The molecular formula is C19H20N2O4. The third kappa shape index (κ3) is 3.63. The van der Waals surface area contributed by atoms with Gasteiger partial charge in [0, 0.05) is 5.56 Å². The van der Waals surface area contributed by atoms with Gasteiger partial charge in [-0.15, -0.1) is 0 Å². The smallest absolute Gasteiger partial charge is 0.311 e. The summed E-state index contributed by atoms with van der Waals surface area (Å²) in [5.74, 6) is 0.240. The van der Waals surface area contributed by atoms with Gasteiger partial charge in [0.2, 0.25) is 5.91 Å². The van der Waals surface area contributed by atoms with E-state index in [2.05, 4.69) is 15.0 Å². The molecule has 25 heavy (non-hydrogen) atoms. The maximum atomic E-state index is 12.6. The number of hydrogen-bond acceptors (Lipinski definition) is 5. The summed E-state index contributed by atoms with van der Waals surface area (Å²) in [4.78, 5) is 28.3. The predicted octanol–water partition coefficient (Wildman–Crippen LogP) is 2.53. The van der Waals surface area contributed by atoms with E-state index in [0.717, 1.165) is 22.4 Å². The number of methoxy groups -OCH3 is 1. The Hall–Kier alpha value is -2.89. The van der Waals surface area contributed by atoms with Gasteiger partial charge in [-0.05, 0) is 43.2 Å². The second-order valence-electron chi connectivity index (χ2n) is 6.09. The highest BCUT2D eigenvalue weighted by molar-refractivity contribution is 5.96. The maximum absolute atomic E-state index is 12.6. The van der Waals surface area contributed by atoms with E-state index < -0.39 is 0 Å². The van der Waals surface area contributed by atoms with Crippen LogP contribution in [0.4, 0.5) is 5.82 Å². The van der Waals surface area contributed by atoms with E-state index in [4.69, 9.17) is 4.74 Å². The van der Waals surface area contributed by atoms with E-state index >= 15 is 0 Å². The number of anilines is 1. The molecular weight excluding hydrogens is 320 g/mol. The lowest BCUT2D eigenvalue weighted by Crippen LogP contribution is -2.23. The number of pyridine rings is 1. The van der Waals surface area contributed by atoms with Gasteiger partial charge >= 0.3 is 5.97 Å². The Labute approximate surface area is 146 Å². The fourth-order valence-electron chi connectivity index (χ4n) is 2.77. The number of amides is 1. The number of benzene rings is 1. The van der Waals surface area contributed by atoms with E-state index in [-0.39, 0.29) is 24.2 Å². The molecule has 1 aromatic carbocycles. The lowest BCUT2D eigenvalue weighted by Gasteiger charge is -2.11. The van der Waals surface area contributed by atoms with Crippen molar-refractivity contribution in [2.75, 3.05) is 19.0 Å². The summed E-state index contributed by atoms with van der Waals surface area (Å²) in [5.41, 5.74) is 3.70. The molecule has 0 unspecified atom stereocenters. The van der Waals surface area contributed by atoms with Crippen LogP contribution in [0, 0.1) is 13.8 Å². The maximum Gasteiger partial charge on any atom is 0.311 e. The summed E-state index contributed by atoms with van der Waals surface area (Å²) in [7, 11) is 1.33. The number of hydrogen-bond donors (Lipinski definition) is 1. The van der Waals surface area contributed by atoms with E-state index in [1.54, 1.807) is 18.2 Å². The number of aryl methyl sites for hydroxylation is 2. The van der Waals surface area contributed by atoms with E-state index in [1.165, 1.54) is 7.11 Å². The first-order chi connectivity index (χ1) is 12.0. The molecule has 2 aromatic rings. The first-order valence-electron chi connectivity index (χ1n) is 8.05. The molecule has 0 fully saturated rings. The van der Waals surface area contributed by atoms with Crippen molar-refractivity contribution in [2.45, 2.75) is 26.2 Å². The van der Waals surface area contributed by atoms with Crippen LogP contribution >= 0.6 is 0 Å². The van der Waals surface area contributed by atoms with Crippen LogP contribution < -0.4 is 10.1 Å². The topological polar surface area (TPSA) is 77.5 Å². The van der Waals surface area contributed by atoms with Crippen LogP contribution in [-0.4, -0.2) is 30.6 Å². The Morgan fingerprint density at radius 1 is 1.28 bits per heavy atom. The van der Waals surface area contributed by atoms with Crippen molar-refractivity contribution >= 4 is 17.7 Å². The first-order valence-corrected chi connectivity index (χ1v) is 8.05. The largest absolute Gasteiger partial charge is 0.492 e. The van der Waals surface area contributed by atoms with Crippen LogP contribution in [-0.2, 0) is 20.7 Å². The van der Waals surface area contributed by atoms with Crippen LogP contribution in [0.15, 0.2) is 30.3 Å². The van der Waals surface area contributed by atoms with Gasteiger partial charge in [0.15, 0.2) is 0 Å². The zero-order valence-electron chi connectivity index (χ0n) is 14.5. The quantitative estimate of drug-likeness (QED) is 0.866. The van der Waals surface area contributed by atoms with Crippen molar-refractivity contribution in [2.24, 2.45) is 0 Å². The summed E-state index contributed by atoms with van der Waals surface area (Å²) >= 11 is 0. The average molecular weight is 340 g/mol. The molecule has 3 rings (SSSR count). The Morgan fingerprint density at radius 2 is 2.04 bits per heavy atom. The van der Waals surface area contributed by atoms with Crippen molar-refractivity contribution < 1.29 is 19.1 Å². The minimum Gasteiger partial charge on any atom is -0.492 e. The van der Waals surface area contributed by atoms with E-state index in [1.807, 2.05) is 26.0 Å². The highest BCUT2D eigenvalue weighted by atomic mass is 16.5. The van der Waals surface area contributed by atoms with Gasteiger partial charge < -0.3 is 14.8 Å². The van der Waals surface area contributed by atoms with Crippen molar-refractivity contribution in [3.8, 4) is 5.75 Å². The third-order valence-corrected chi connectivity index (χ3v) is 4.33. The Balaban J connectivity index is 1.75. The lowest BCUT2D eigenvalue weighted by atomic mass is 9.96. The number of carbonyl (C=O) groups excluding carboxylic acids is 2. The summed E-state index contributed by atoms with van der Waals surface area (Å²) in [6.07, 6.45) is 0.0635. The predicted molar refractivity (Wildman–Crippen MR) is 92.7 cm³/mol. The number of nitrogens with one attached hydrogen (secondary N) is 1. The van der Waals surface area contributed by atoms with Crippen molar-refractivity contribution in [1.29, 1.82) is 0 Å². The molecule has 1 N–H and O–H groups in total. The van der Waals surface area contributed by atoms with Crippen molar-refractivity contribution in [1.82, 2.24) is 4.98 Å². The summed E-state index contributed by atoms with van der Waals surface area (Å²) < 4.78 is 10.3. The Morgan fingerprint density at radius 3 is 2.80 bits per heavy atom. The normalized spacial score (nSPS) is 15.2. The Bertz CT molecular complexity index is 832. The van der Waals surface area contributed by atoms with Crippen molar-refractivity contribution in [3.05, 3.63) is 52.7 Å². The van der Waals surface area contributed by atoms with Gasteiger partial charge in [-0.3, -0.25) is 9.59 Å². The summed E-state index contributed by atoms with van der Waals surface area (Å²) in [5, 5.41) is 2.81. The zero-order valence-corrected chi connectivity index (χ0v) is 14.5. The molecule has 1 amide bonds. The highest BCUT2D eigenvalue weighted by Crippen LogP contribution is 2.36. The number of carbonyl (C=O) groups is 2. The molecule has 0 bridgehead atoms. The number of rotatable bonds is 4. The van der Waals surface area contributed by atoms with Crippen molar-refractivity contribution in [3.63, 3.8) is 0 Å². The fraction of sp³-hybridized carbons (Fsp3) is 0.316. The average Bonchev–Trinajstić information content (AvgIpc) is 2.98. The monoisotopic (exact) mass is 340 g/mol.